The lowest BCUT2D eigenvalue weighted by Crippen LogP contribution is -2.50. The van der Waals surface area contributed by atoms with Gasteiger partial charge in [0.15, 0.2) is 11.6 Å². The van der Waals surface area contributed by atoms with E-state index in [9.17, 15) is 13.6 Å². The van der Waals surface area contributed by atoms with Crippen LogP contribution < -0.4 is 10.1 Å². The Labute approximate surface area is 285 Å². The molecule has 2 N–H and O–H groups in total. The third kappa shape index (κ3) is 8.24. The molecule has 2 atom stereocenters. The lowest BCUT2D eigenvalue weighted by atomic mass is 9.80. The number of rotatable bonds is 14. The summed E-state index contributed by atoms with van der Waals surface area (Å²) in [5.41, 5.74) is 10.1. The Morgan fingerprint density at radius 3 is 2.46 bits per heavy atom. The van der Waals surface area contributed by atoms with Crippen molar-refractivity contribution in [3.05, 3.63) is 145 Å². The smallest absolute Gasteiger partial charge is 0.252 e. The summed E-state index contributed by atoms with van der Waals surface area (Å²) in [6, 6.07) is 22.2. The average Bonchev–Trinajstić information content (AvgIpc) is 3.44. The SMILES string of the molecule is [N-]=[N+]=NCc1ccccc1C[C@@]1(C(=O)NCCc2cc(F)cc(F)c2)N=C(c2ccc(OCCCO)cc2)O[C@@H]1c1ccc(Cl)cc1Cl. The summed E-state index contributed by atoms with van der Waals surface area (Å²) in [5, 5.41) is 16.4. The molecule has 0 spiro atoms. The number of carbonyl (C=O) groups excluding carboxylic acids is 1. The Morgan fingerprint density at radius 2 is 1.77 bits per heavy atom. The van der Waals surface area contributed by atoms with E-state index in [1.165, 1.54) is 12.1 Å². The molecule has 4 aromatic carbocycles. The number of hydrogen-bond donors (Lipinski definition) is 2. The normalized spacial score (nSPS) is 16.9. The van der Waals surface area contributed by atoms with Crippen molar-refractivity contribution in [2.45, 2.75) is 37.5 Å². The van der Waals surface area contributed by atoms with E-state index in [0.717, 1.165) is 6.07 Å². The maximum atomic E-state index is 14.5. The minimum absolute atomic E-state index is 0.00658. The van der Waals surface area contributed by atoms with Crippen molar-refractivity contribution >= 4 is 35.0 Å². The molecule has 0 fully saturated rings. The number of nitrogens with one attached hydrogen (secondary N) is 1. The maximum Gasteiger partial charge on any atom is 0.252 e. The Hall–Kier alpha value is -4.67. The Morgan fingerprint density at radius 1 is 1.04 bits per heavy atom. The molecule has 1 amide bonds. The van der Waals surface area contributed by atoms with Crippen LogP contribution in [0, 0.1) is 11.6 Å². The van der Waals surface area contributed by atoms with Gasteiger partial charge >= 0.3 is 0 Å². The second-order valence-electron chi connectivity index (χ2n) is 11.1. The van der Waals surface area contributed by atoms with Crippen molar-refractivity contribution in [3.8, 4) is 5.75 Å². The minimum atomic E-state index is -1.65. The number of azide groups is 1. The van der Waals surface area contributed by atoms with Crippen molar-refractivity contribution in [2.24, 2.45) is 10.1 Å². The van der Waals surface area contributed by atoms with Gasteiger partial charge in [-0.25, -0.2) is 13.8 Å². The molecule has 0 saturated carbocycles. The monoisotopic (exact) mass is 693 g/mol. The van der Waals surface area contributed by atoms with E-state index in [4.69, 9.17) is 48.3 Å². The molecule has 48 heavy (non-hydrogen) atoms. The Kier molecular flexibility index (Phi) is 11.5. The third-order valence-corrected chi connectivity index (χ3v) is 8.34. The van der Waals surface area contributed by atoms with Crippen molar-refractivity contribution in [1.82, 2.24) is 5.32 Å². The van der Waals surface area contributed by atoms with Gasteiger partial charge in [0, 0.05) is 58.1 Å². The summed E-state index contributed by atoms with van der Waals surface area (Å²) >= 11 is 13.0. The van der Waals surface area contributed by atoms with E-state index in [1.807, 2.05) is 6.07 Å². The lowest BCUT2D eigenvalue weighted by Gasteiger charge is -2.32. The summed E-state index contributed by atoms with van der Waals surface area (Å²) in [4.78, 5) is 22.4. The van der Waals surface area contributed by atoms with Crippen LogP contribution in [0.1, 0.15) is 40.3 Å². The Bertz CT molecular complexity index is 1830. The molecule has 0 aliphatic carbocycles. The van der Waals surface area contributed by atoms with E-state index in [1.54, 1.807) is 60.7 Å². The molecular formula is C35H31Cl2F2N5O4. The lowest BCUT2D eigenvalue weighted by molar-refractivity contribution is -0.128. The minimum Gasteiger partial charge on any atom is -0.494 e. The number of aliphatic hydroxyl groups is 1. The highest BCUT2D eigenvalue weighted by Crippen LogP contribution is 2.45. The van der Waals surface area contributed by atoms with Gasteiger partial charge in [-0.15, -0.1) is 0 Å². The fourth-order valence-corrected chi connectivity index (χ4v) is 5.99. The summed E-state index contributed by atoms with van der Waals surface area (Å²) < 4.78 is 39.9. The summed E-state index contributed by atoms with van der Waals surface area (Å²) in [6.45, 7) is 0.421. The van der Waals surface area contributed by atoms with Gasteiger partial charge < -0.3 is 19.9 Å². The number of carbonyl (C=O) groups is 1. The third-order valence-electron chi connectivity index (χ3n) is 7.78. The molecule has 9 nitrogen and oxygen atoms in total. The van der Waals surface area contributed by atoms with E-state index in [2.05, 4.69) is 15.3 Å². The zero-order valence-electron chi connectivity index (χ0n) is 25.6. The van der Waals surface area contributed by atoms with Gasteiger partial charge in [-0.05, 0) is 77.2 Å². The molecule has 0 bridgehead atoms. The zero-order chi connectivity index (χ0) is 34.1. The quantitative estimate of drug-likeness (QED) is 0.0607. The van der Waals surface area contributed by atoms with Crippen LogP contribution in [0.5, 0.6) is 5.75 Å². The van der Waals surface area contributed by atoms with Crippen molar-refractivity contribution in [1.29, 1.82) is 0 Å². The highest BCUT2D eigenvalue weighted by atomic mass is 35.5. The number of aliphatic imine (C=N–C) groups is 1. The summed E-state index contributed by atoms with van der Waals surface area (Å²) in [6.07, 6.45) is -0.406. The van der Waals surface area contributed by atoms with Crippen LogP contribution in [0.3, 0.4) is 0 Å². The highest BCUT2D eigenvalue weighted by Gasteiger charge is 2.54. The van der Waals surface area contributed by atoms with Crippen molar-refractivity contribution < 1.29 is 28.2 Å². The van der Waals surface area contributed by atoms with Gasteiger partial charge in [0.25, 0.3) is 5.91 Å². The number of nitrogens with zero attached hydrogens (tertiary/aromatic N) is 4. The molecule has 0 saturated heterocycles. The number of halogens is 4. The first-order chi connectivity index (χ1) is 23.2. The van der Waals surface area contributed by atoms with E-state index in [0.29, 0.717) is 51.6 Å². The summed E-state index contributed by atoms with van der Waals surface area (Å²) in [5.74, 6) is -1.21. The molecular weight excluding hydrogens is 663 g/mol. The topological polar surface area (TPSA) is 129 Å². The predicted molar refractivity (Wildman–Crippen MR) is 179 cm³/mol. The average molecular weight is 695 g/mol. The molecule has 1 aliphatic heterocycles. The molecule has 13 heteroatoms. The second kappa shape index (κ2) is 16.0. The van der Waals surface area contributed by atoms with Crippen LogP contribution in [0.4, 0.5) is 8.78 Å². The van der Waals surface area contributed by atoms with Gasteiger partial charge in [0.05, 0.1) is 13.2 Å². The Balaban J connectivity index is 1.58. The maximum absolute atomic E-state index is 14.5. The van der Waals surface area contributed by atoms with E-state index < -0.39 is 29.2 Å². The molecule has 0 aromatic heterocycles. The predicted octanol–water partition coefficient (Wildman–Crippen LogP) is 7.70. The number of aliphatic hydroxyl groups excluding tert-OH is 1. The molecule has 0 unspecified atom stereocenters. The fourth-order valence-electron chi connectivity index (χ4n) is 5.48. The molecule has 1 aliphatic rings. The van der Waals surface area contributed by atoms with Gasteiger partial charge in [0.2, 0.25) is 5.90 Å². The van der Waals surface area contributed by atoms with Crippen LogP contribution in [-0.2, 0) is 28.9 Å². The van der Waals surface area contributed by atoms with Gasteiger partial charge in [-0.3, -0.25) is 4.79 Å². The van der Waals surface area contributed by atoms with Gasteiger partial charge in [-0.2, -0.15) is 0 Å². The molecule has 0 radical (unpaired) electrons. The zero-order valence-corrected chi connectivity index (χ0v) is 27.1. The largest absolute Gasteiger partial charge is 0.494 e. The number of hydrogen-bond acceptors (Lipinski definition) is 6. The summed E-state index contributed by atoms with van der Waals surface area (Å²) in [7, 11) is 0. The van der Waals surface area contributed by atoms with Gasteiger partial charge in [-0.1, -0.05) is 58.6 Å². The highest BCUT2D eigenvalue weighted by molar-refractivity contribution is 6.35. The first kappa shape index (κ1) is 34.7. The van der Waals surface area contributed by atoms with Crippen LogP contribution in [-0.4, -0.2) is 42.2 Å². The second-order valence-corrected chi connectivity index (χ2v) is 11.9. The van der Waals surface area contributed by atoms with E-state index >= 15 is 0 Å². The van der Waals surface area contributed by atoms with E-state index in [-0.39, 0.29) is 43.5 Å². The molecule has 5 rings (SSSR count). The first-order valence-electron chi connectivity index (χ1n) is 15.1. The van der Waals surface area contributed by atoms with Crippen LogP contribution >= 0.6 is 23.2 Å². The number of ether oxygens (including phenoxy) is 2. The van der Waals surface area contributed by atoms with Crippen LogP contribution in [0.15, 0.2) is 95.0 Å². The number of benzene rings is 4. The van der Waals surface area contributed by atoms with Crippen LogP contribution in [0.25, 0.3) is 10.4 Å². The van der Waals surface area contributed by atoms with Crippen LogP contribution in [0.2, 0.25) is 10.0 Å². The van der Waals surface area contributed by atoms with Gasteiger partial charge in [0.1, 0.15) is 17.4 Å². The molecule has 4 aromatic rings. The number of amides is 1. The molecule has 248 valence electrons. The fraction of sp³-hybridized carbons (Fsp3) is 0.257. The first-order valence-corrected chi connectivity index (χ1v) is 15.8. The molecule has 1 heterocycles. The van der Waals surface area contributed by atoms with Crippen molar-refractivity contribution in [2.75, 3.05) is 19.8 Å². The van der Waals surface area contributed by atoms with Crippen molar-refractivity contribution in [3.63, 3.8) is 0 Å². The standard InChI is InChI=1S/C35H31Cl2F2N5O4/c36-26-8-11-30(31(37)18-26)32-35(20-24-4-1-2-5-25(24)21-42-44-40,34(46)41-13-12-22-16-27(38)19-28(39)17-22)43-33(48-32)23-6-9-29(10-7-23)47-15-3-14-45/h1-2,4-11,16-19,32,45H,3,12-15,20-21H2,(H,41,46)/t32-,35-/m1/s1.